The quantitative estimate of drug-likeness (QED) is 0.138. The number of nitrogens with zero attached hydrogens (tertiary/aromatic N) is 2. The van der Waals surface area contributed by atoms with Gasteiger partial charge in [-0.1, -0.05) is 276 Å². The number of fused-ring (bicyclic) bond motifs is 3. The molecule has 0 aliphatic carbocycles. The first-order valence-corrected chi connectivity index (χ1v) is 32.7. The van der Waals surface area contributed by atoms with Gasteiger partial charge in [0.25, 0.3) is 0 Å². The topological polar surface area (TPSA) is 8.17 Å². The van der Waals surface area contributed by atoms with Gasteiger partial charge in [-0.2, -0.15) is 0 Å². The molecular formula is C88H90N2. The molecule has 1 heterocycles. The van der Waals surface area contributed by atoms with Gasteiger partial charge in [0.1, 0.15) is 0 Å². The van der Waals surface area contributed by atoms with Gasteiger partial charge >= 0.3 is 0 Å². The third kappa shape index (κ3) is 11.0. The highest BCUT2D eigenvalue weighted by molar-refractivity contribution is 6.28. The van der Waals surface area contributed by atoms with Gasteiger partial charge < -0.3 is 9.47 Å². The SMILES string of the molecule is CC(C)(C)c1cc(-c2ccccc2)cc(-c2ccc(C(C)(C)C)cc2N(c2ccc(-c3cccc(-c4cc(C(C)(C)C)cc(C(C)(C)C)c4)c3)cc2)c2ccc3ccc4c(-n5c6ccc(C(C)(C)C)cc6c6cc(C(C)(C)C)ccc65)ccc5ccc2c3c54)c1. The van der Waals surface area contributed by atoms with Crippen LogP contribution < -0.4 is 4.90 Å². The zero-order chi connectivity index (χ0) is 63.8. The first kappa shape index (κ1) is 60.2. The Hall–Kier alpha value is -8.72. The zero-order valence-electron chi connectivity index (χ0n) is 56.7. The minimum absolute atomic E-state index is 0.00374. The maximum absolute atomic E-state index is 2.59. The maximum Gasteiger partial charge on any atom is 0.0543 e. The van der Waals surface area contributed by atoms with Crippen molar-refractivity contribution in [1.82, 2.24) is 4.57 Å². The van der Waals surface area contributed by atoms with Crippen molar-refractivity contribution in [3.63, 3.8) is 0 Å². The number of hydrogen-bond acceptors (Lipinski definition) is 1. The van der Waals surface area contributed by atoms with E-state index in [0.717, 1.165) is 17.1 Å². The van der Waals surface area contributed by atoms with E-state index in [1.165, 1.54) is 138 Å². The number of anilines is 3. The van der Waals surface area contributed by atoms with E-state index < -0.39 is 0 Å². The van der Waals surface area contributed by atoms with Crippen molar-refractivity contribution in [3.8, 4) is 50.2 Å². The van der Waals surface area contributed by atoms with Crippen LogP contribution in [0.3, 0.4) is 0 Å². The molecule has 2 heteroatoms. The largest absolute Gasteiger partial charge is 0.309 e. The summed E-state index contributed by atoms with van der Waals surface area (Å²) in [5.41, 5.74) is 24.4. The van der Waals surface area contributed by atoms with Gasteiger partial charge in [0.15, 0.2) is 0 Å². The molecule has 0 unspecified atom stereocenters. The van der Waals surface area contributed by atoms with Crippen LogP contribution in [0.4, 0.5) is 17.1 Å². The summed E-state index contributed by atoms with van der Waals surface area (Å²) >= 11 is 0. The lowest BCUT2D eigenvalue weighted by Crippen LogP contribution is -2.16. The van der Waals surface area contributed by atoms with Gasteiger partial charge in [0.2, 0.25) is 0 Å². The van der Waals surface area contributed by atoms with Crippen molar-refractivity contribution in [2.75, 3.05) is 4.90 Å². The van der Waals surface area contributed by atoms with E-state index in [0.29, 0.717) is 0 Å². The number of hydrogen-bond donors (Lipinski definition) is 0. The lowest BCUT2D eigenvalue weighted by Gasteiger charge is -2.32. The van der Waals surface area contributed by atoms with Crippen LogP contribution in [0.1, 0.15) is 158 Å². The summed E-state index contributed by atoms with van der Waals surface area (Å²) in [5.74, 6) is 0. The lowest BCUT2D eigenvalue weighted by molar-refractivity contribution is 0.569. The predicted octanol–water partition coefficient (Wildman–Crippen LogP) is 25.6. The molecule has 0 aliphatic heterocycles. The fraction of sp³-hybridized carbons (Fsp3) is 0.273. The fourth-order valence-electron chi connectivity index (χ4n) is 13.6. The van der Waals surface area contributed by atoms with Crippen molar-refractivity contribution in [3.05, 3.63) is 252 Å². The van der Waals surface area contributed by atoms with Crippen LogP contribution in [0, 0.1) is 0 Å². The molecule has 0 aliphatic rings. The molecule has 0 amide bonds. The average molecular weight is 1180 g/mol. The molecule has 0 bridgehead atoms. The van der Waals surface area contributed by atoms with E-state index in [9.17, 15) is 0 Å². The summed E-state index contributed by atoms with van der Waals surface area (Å²) in [7, 11) is 0. The molecule has 90 heavy (non-hydrogen) atoms. The highest BCUT2D eigenvalue weighted by Gasteiger charge is 2.29. The normalized spacial score (nSPS) is 13.0. The molecule has 1 aromatic heterocycles. The Bertz CT molecular complexity index is 4800. The summed E-state index contributed by atoms with van der Waals surface area (Å²) in [6, 6.07) is 84.6. The second kappa shape index (κ2) is 21.5. The summed E-state index contributed by atoms with van der Waals surface area (Å²) in [5, 5.41) is 10.0. The van der Waals surface area contributed by atoms with Crippen LogP contribution >= 0.6 is 0 Å². The van der Waals surface area contributed by atoms with E-state index in [-0.39, 0.29) is 32.5 Å². The van der Waals surface area contributed by atoms with Crippen molar-refractivity contribution in [1.29, 1.82) is 0 Å². The van der Waals surface area contributed by atoms with Gasteiger partial charge in [-0.05, 0) is 193 Å². The Morgan fingerprint density at radius 3 is 1.23 bits per heavy atom. The molecule has 12 aromatic carbocycles. The first-order valence-electron chi connectivity index (χ1n) is 32.7. The summed E-state index contributed by atoms with van der Waals surface area (Å²) in [6.07, 6.45) is 0. The van der Waals surface area contributed by atoms with Crippen LogP contribution in [0.5, 0.6) is 0 Å². The summed E-state index contributed by atoms with van der Waals surface area (Å²) in [6.45, 7) is 41.9. The Kier molecular flexibility index (Phi) is 14.4. The molecule has 452 valence electrons. The number of rotatable bonds is 8. The molecule has 0 saturated heterocycles. The highest BCUT2D eigenvalue weighted by Crippen LogP contribution is 2.50. The van der Waals surface area contributed by atoms with E-state index in [1.807, 2.05) is 0 Å². The third-order valence-corrected chi connectivity index (χ3v) is 19.2. The van der Waals surface area contributed by atoms with Gasteiger partial charge in [0, 0.05) is 32.8 Å². The zero-order valence-corrected chi connectivity index (χ0v) is 56.7. The van der Waals surface area contributed by atoms with Crippen LogP contribution in [0.15, 0.2) is 218 Å². The summed E-state index contributed by atoms with van der Waals surface area (Å²) < 4.78 is 2.55. The van der Waals surface area contributed by atoms with Gasteiger partial charge in [-0.3, -0.25) is 0 Å². The minimum Gasteiger partial charge on any atom is -0.309 e. The van der Waals surface area contributed by atoms with Gasteiger partial charge in [-0.15, -0.1) is 0 Å². The molecule has 0 spiro atoms. The molecule has 0 radical (unpaired) electrons. The monoisotopic (exact) mass is 1170 g/mol. The molecule has 0 N–H and O–H groups in total. The Morgan fingerprint density at radius 2 is 0.678 bits per heavy atom. The van der Waals surface area contributed by atoms with Crippen molar-refractivity contribution >= 4 is 71.2 Å². The molecule has 0 fully saturated rings. The van der Waals surface area contributed by atoms with Crippen molar-refractivity contribution in [2.45, 2.75) is 157 Å². The molecule has 0 saturated carbocycles. The van der Waals surface area contributed by atoms with Crippen LogP contribution in [0.25, 0.3) is 104 Å². The van der Waals surface area contributed by atoms with Crippen LogP contribution in [-0.4, -0.2) is 4.57 Å². The highest BCUT2D eigenvalue weighted by atomic mass is 15.1. The van der Waals surface area contributed by atoms with E-state index >= 15 is 0 Å². The Labute approximate surface area is 536 Å². The van der Waals surface area contributed by atoms with E-state index in [4.69, 9.17) is 0 Å². The third-order valence-electron chi connectivity index (χ3n) is 19.2. The van der Waals surface area contributed by atoms with Crippen molar-refractivity contribution in [2.24, 2.45) is 0 Å². The average Bonchev–Trinajstić information content (AvgIpc) is 1.30. The molecule has 2 nitrogen and oxygen atoms in total. The lowest BCUT2D eigenvalue weighted by atomic mass is 9.79. The second-order valence-electron chi connectivity index (χ2n) is 32.1. The van der Waals surface area contributed by atoms with Crippen LogP contribution in [0.2, 0.25) is 0 Å². The number of benzene rings is 12. The molecular weight excluding hydrogens is 1080 g/mol. The fourth-order valence-corrected chi connectivity index (χ4v) is 13.6. The number of aromatic nitrogens is 1. The molecule has 13 rings (SSSR count). The Balaban J connectivity index is 1.05. The smallest absolute Gasteiger partial charge is 0.0543 e. The first-order chi connectivity index (χ1) is 42.4. The Morgan fingerprint density at radius 1 is 0.256 bits per heavy atom. The predicted molar refractivity (Wildman–Crippen MR) is 393 cm³/mol. The van der Waals surface area contributed by atoms with E-state index in [1.54, 1.807) is 0 Å². The summed E-state index contributed by atoms with van der Waals surface area (Å²) in [4.78, 5) is 2.59. The molecule has 13 aromatic rings. The second-order valence-corrected chi connectivity index (χ2v) is 32.1. The van der Waals surface area contributed by atoms with Crippen LogP contribution in [-0.2, 0) is 32.5 Å². The minimum atomic E-state index is -0.134. The van der Waals surface area contributed by atoms with Gasteiger partial charge in [-0.25, -0.2) is 0 Å². The molecule has 0 atom stereocenters. The van der Waals surface area contributed by atoms with Gasteiger partial charge in [0.05, 0.1) is 28.1 Å². The van der Waals surface area contributed by atoms with E-state index in [2.05, 4.69) is 352 Å². The van der Waals surface area contributed by atoms with Crippen molar-refractivity contribution < 1.29 is 0 Å². The standard InChI is InChI=1S/C88H90N2/c1-83(2,3)64-34-43-78-74(52-64)75-53-65(84(4,5)6)35-44-79(75)90(78)77-42-32-58-29-38-72-76(41-31-57-30-39-73(77)82(58)81(57)72)89(70-36-27-56(28-37-70)59-25-22-26-60(45-59)62-48-68(87(13,14)15)51-69(49-62)88(16,17)18)80-54-66(85(7,8)9)33-40-71(80)63-46-61(55-23-20-19-21-24-55)47-67(50-63)86(10,11)12/h19-54H,1-18H3. The maximum atomic E-state index is 2.59.